The fourth-order valence-corrected chi connectivity index (χ4v) is 2.27. The molecule has 0 amide bonds. The normalized spacial score (nSPS) is 10.7. The lowest BCUT2D eigenvalue weighted by molar-refractivity contribution is 0.416. The van der Waals surface area contributed by atoms with Crippen LogP contribution in [0.15, 0.2) is 12.3 Å². The second-order valence-electron chi connectivity index (χ2n) is 4.31. The third-order valence-corrected chi connectivity index (χ3v) is 3.57. The highest BCUT2D eigenvalue weighted by Crippen LogP contribution is 2.40. The van der Waals surface area contributed by atoms with Gasteiger partial charge < -0.3 is 10.5 Å². The molecular weight excluding hydrogens is 250 g/mol. The van der Waals surface area contributed by atoms with Crippen LogP contribution < -0.4 is 10.5 Å². The molecule has 1 aromatic heterocycles. The minimum atomic E-state index is 0.471. The van der Waals surface area contributed by atoms with Crippen molar-refractivity contribution >= 4 is 17.4 Å². The first-order valence-corrected chi connectivity index (χ1v) is 5.96. The first-order chi connectivity index (χ1) is 8.45. The molecule has 2 aromatic rings. The Balaban J connectivity index is 2.77. The number of rotatable bonds is 2. The van der Waals surface area contributed by atoms with Crippen molar-refractivity contribution in [1.82, 2.24) is 9.78 Å². The van der Waals surface area contributed by atoms with Gasteiger partial charge in [0.15, 0.2) is 5.82 Å². The van der Waals surface area contributed by atoms with Crippen molar-refractivity contribution in [2.75, 3.05) is 12.8 Å². The Morgan fingerprint density at radius 3 is 2.56 bits per heavy atom. The van der Waals surface area contributed by atoms with Crippen LogP contribution >= 0.6 is 11.6 Å². The Labute approximate surface area is 111 Å². The van der Waals surface area contributed by atoms with Crippen molar-refractivity contribution < 1.29 is 4.74 Å². The first-order valence-electron chi connectivity index (χ1n) is 5.59. The van der Waals surface area contributed by atoms with E-state index < -0.39 is 0 Å². The van der Waals surface area contributed by atoms with Crippen molar-refractivity contribution in [3.05, 3.63) is 28.4 Å². The summed E-state index contributed by atoms with van der Waals surface area (Å²) in [6.07, 6.45) is 1.87. The summed E-state index contributed by atoms with van der Waals surface area (Å²) in [5.41, 5.74) is 9.60. The van der Waals surface area contributed by atoms with Gasteiger partial charge in [0.2, 0.25) is 0 Å². The predicted octanol–water partition coefficient (Wildman–Crippen LogP) is 2.95. The minimum Gasteiger partial charge on any atom is -0.496 e. The molecule has 0 unspecified atom stereocenters. The van der Waals surface area contributed by atoms with Gasteiger partial charge in [-0.1, -0.05) is 11.6 Å². The molecule has 0 aliphatic carbocycles. The van der Waals surface area contributed by atoms with E-state index in [0.717, 1.165) is 33.0 Å². The molecule has 0 radical (unpaired) electrons. The van der Waals surface area contributed by atoms with E-state index in [4.69, 9.17) is 22.1 Å². The molecule has 0 fully saturated rings. The maximum Gasteiger partial charge on any atom is 0.153 e. The smallest absolute Gasteiger partial charge is 0.153 e. The number of nitrogens with zero attached hydrogens (tertiary/aromatic N) is 2. The summed E-state index contributed by atoms with van der Waals surface area (Å²) in [6.45, 7) is 3.91. The molecule has 0 bridgehead atoms. The lowest BCUT2D eigenvalue weighted by Crippen LogP contribution is -1.96. The largest absolute Gasteiger partial charge is 0.496 e. The molecule has 1 aromatic carbocycles. The zero-order valence-corrected chi connectivity index (χ0v) is 11.7. The maximum atomic E-state index is 6.30. The second-order valence-corrected chi connectivity index (χ2v) is 4.69. The van der Waals surface area contributed by atoms with Crippen LogP contribution in [0.5, 0.6) is 5.75 Å². The van der Waals surface area contributed by atoms with Gasteiger partial charge >= 0.3 is 0 Å². The molecule has 4 nitrogen and oxygen atoms in total. The molecule has 0 aliphatic rings. The van der Waals surface area contributed by atoms with Gasteiger partial charge in [-0.05, 0) is 31.0 Å². The number of anilines is 1. The number of methoxy groups -OCH3 is 1. The predicted molar refractivity (Wildman–Crippen MR) is 74.1 cm³/mol. The number of aryl methyl sites for hydroxylation is 2. The summed E-state index contributed by atoms with van der Waals surface area (Å²) in [5, 5.41) is 4.88. The summed E-state index contributed by atoms with van der Waals surface area (Å²) in [7, 11) is 3.47. The molecule has 2 N–H and O–H groups in total. The van der Waals surface area contributed by atoms with Gasteiger partial charge in [0.25, 0.3) is 0 Å². The molecule has 0 saturated carbocycles. The van der Waals surface area contributed by atoms with Gasteiger partial charge in [-0.3, -0.25) is 4.68 Å². The van der Waals surface area contributed by atoms with Crippen LogP contribution in [-0.2, 0) is 7.05 Å². The van der Waals surface area contributed by atoms with Gasteiger partial charge in [0.1, 0.15) is 5.75 Å². The summed E-state index contributed by atoms with van der Waals surface area (Å²) in [5.74, 6) is 1.23. The van der Waals surface area contributed by atoms with E-state index in [-0.39, 0.29) is 0 Å². The monoisotopic (exact) mass is 265 g/mol. The van der Waals surface area contributed by atoms with Gasteiger partial charge in [-0.25, -0.2) is 0 Å². The highest BCUT2D eigenvalue weighted by Gasteiger charge is 2.18. The van der Waals surface area contributed by atoms with E-state index >= 15 is 0 Å². The number of aromatic nitrogens is 2. The Kier molecular flexibility index (Phi) is 3.22. The lowest BCUT2D eigenvalue weighted by Gasteiger charge is -2.14. The number of nitrogens with two attached hydrogens (primary N) is 1. The van der Waals surface area contributed by atoms with Crippen molar-refractivity contribution in [3.63, 3.8) is 0 Å². The molecular formula is C13H16ClN3O. The third kappa shape index (κ3) is 1.93. The maximum absolute atomic E-state index is 6.30. The molecule has 2 rings (SSSR count). The van der Waals surface area contributed by atoms with E-state index in [1.165, 1.54) is 0 Å². The SMILES string of the molecule is COc1cc(C)c(Cl)c(C)c1-c1cn(C)nc1N. The van der Waals surface area contributed by atoms with Gasteiger partial charge in [0, 0.05) is 29.4 Å². The topological polar surface area (TPSA) is 53.1 Å². The number of ether oxygens (including phenoxy) is 1. The fourth-order valence-electron chi connectivity index (χ4n) is 2.12. The van der Waals surface area contributed by atoms with Crippen LogP contribution in [0, 0.1) is 13.8 Å². The molecule has 18 heavy (non-hydrogen) atoms. The van der Waals surface area contributed by atoms with Crippen LogP contribution in [-0.4, -0.2) is 16.9 Å². The summed E-state index contributed by atoms with van der Waals surface area (Å²) < 4.78 is 7.11. The van der Waals surface area contributed by atoms with Crippen LogP contribution in [0.3, 0.4) is 0 Å². The average molecular weight is 266 g/mol. The number of nitrogen functional groups attached to an aromatic ring is 1. The molecule has 0 spiro atoms. The van der Waals surface area contributed by atoms with Gasteiger partial charge in [0.05, 0.1) is 7.11 Å². The third-order valence-electron chi connectivity index (χ3n) is 2.99. The average Bonchev–Trinajstić information content (AvgIpc) is 2.64. The second kappa shape index (κ2) is 4.53. The number of hydrogen-bond donors (Lipinski definition) is 1. The van der Waals surface area contributed by atoms with Gasteiger partial charge in [-0.15, -0.1) is 0 Å². The molecule has 0 saturated heterocycles. The minimum absolute atomic E-state index is 0.471. The van der Waals surface area contributed by atoms with Crippen LogP contribution in [0.2, 0.25) is 5.02 Å². The van der Waals surface area contributed by atoms with E-state index in [9.17, 15) is 0 Å². The van der Waals surface area contributed by atoms with Crippen molar-refractivity contribution in [2.45, 2.75) is 13.8 Å². The highest BCUT2D eigenvalue weighted by atomic mass is 35.5. The quantitative estimate of drug-likeness (QED) is 0.908. The summed E-state index contributed by atoms with van der Waals surface area (Å²) in [6, 6.07) is 1.91. The standard InChI is InChI=1S/C13H16ClN3O/c1-7-5-10(18-4)11(8(2)12(7)14)9-6-17(3)16-13(9)15/h5-6H,1-4H3,(H2,15,16). The van der Waals surface area contributed by atoms with Crippen LogP contribution in [0.4, 0.5) is 5.82 Å². The highest BCUT2D eigenvalue weighted by molar-refractivity contribution is 6.32. The lowest BCUT2D eigenvalue weighted by atomic mass is 9.99. The van der Waals surface area contributed by atoms with Crippen molar-refractivity contribution in [1.29, 1.82) is 0 Å². The number of halogens is 1. The van der Waals surface area contributed by atoms with Crippen LogP contribution in [0.1, 0.15) is 11.1 Å². The van der Waals surface area contributed by atoms with E-state index in [1.54, 1.807) is 11.8 Å². The van der Waals surface area contributed by atoms with E-state index in [0.29, 0.717) is 5.82 Å². The number of benzene rings is 1. The van der Waals surface area contributed by atoms with Crippen molar-refractivity contribution in [2.24, 2.45) is 7.05 Å². The Morgan fingerprint density at radius 2 is 2.06 bits per heavy atom. The molecule has 0 aliphatic heterocycles. The zero-order chi connectivity index (χ0) is 13.4. The molecule has 1 heterocycles. The van der Waals surface area contributed by atoms with Gasteiger partial charge in [-0.2, -0.15) is 5.10 Å². The first kappa shape index (κ1) is 12.8. The van der Waals surface area contributed by atoms with E-state index in [1.807, 2.05) is 33.2 Å². The summed E-state index contributed by atoms with van der Waals surface area (Å²) in [4.78, 5) is 0. The molecule has 96 valence electrons. The summed E-state index contributed by atoms with van der Waals surface area (Å²) >= 11 is 6.30. The number of hydrogen-bond acceptors (Lipinski definition) is 3. The Morgan fingerprint density at radius 1 is 1.39 bits per heavy atom. The molecule has 0 atom stereocenters. The van der Waals surface area contributed by atoms with E-state index in [2.05, 4.69) is 5.10 Å². The molecule has 5 heteroatoms. The Bertz CT molecular complexity index is 605. The Hall–Kier alpha value is -1.68. The van der Waals surface area contributed by atoms with Crippen LogP contribution in [0.25, 0.3) is 11.1 Å². The zero-order valence-electron chi connectivity index (χ0n) is 10.9. The van der Waals surface area contributed by atoms with Crippen molar-refractivity contribution in [3.8, 4) is 16.9 Å². The fraction of sp³-hybridized carbons (Fsp3) is 0.308.